The zero-order chi connectivity index (χ0) is 12.3. The highest BCUT2D eigenvalue weighted by molar-refractivity contribution is 5.76. The number of rotatable bonds is 3. The minimum atomic E-state index is -0.382. The highest BCUT2D eigenvalue weighted by Gasteiger charge is 2.06. The molecule has 2 N–H and O–H groups in total. The van der Waals surface area contributed by atoms with Crippen LogP contribution >= 0.6 is 0 Å². The van der Waals surface area contributed by atoms with Gasteiger partial charge >= 0.3 is 0 Å². The van der Waals surface area contributed by atoms with Gasteiger partial charge in [-0.15, -0.1) is 0 Å². The highest BCUT2D eigenvalue weighted by Crippen LogP contribution is 2.17. The molecule has 2 aromatic heterocycles. The Morgan fingerprint density at radius 2 is 2.12 bits per heavy atom. The first-order valence-electron chi connectivity index (χ1n) is 5.17. The second kappa shape index (κ2) is 4.69. The summed E-state index contributed by atoms with van der Waals surface area (Å²) in [5.74, 6) is -0.382. The van der Waals surface area contributed by atoms with Crippen LogP contribution in [0.15, 0.2) is 30.9 Å². The maximum absolute atomic E-state index is 10.8. The Bertz CT molecular complexity index is 539. The molecule has 0 saturated heterocycles. The summed E-state index contributed by atoms with van der Waals surface area (Å²) in [6.07, 6.45) is 6.75. The largest absolute Gasteiger partial charge is 0.369 e. The molecule has 2 heterocycles. The van der Waals surface area contributed by atoms with Crippen molar-refractivity contribution < 1.29 is 4.79 Å². The molecule has 5 heteroatoms. The Hall–Kier alpha value is -2.30. The number of hydrogen-bond acceptors (Lipinski definition) is 4. The molecular formula is C12H12N4O. The number of pyridine rings is 1. The van der Waals surface area contributed by atoms with Crippen LogP contribution in [-0.4, -0.2) is 20.9 Å². The van der Waals surface area contributed by atoms with Gasteiger partial charge in [-0.25, -0.2) is 0 Å². The van der Waals surface area contributed by atoms with Gasteiger partial charge in [0.2, 0.25) is 5.91 Å². The zero-order valence-corrected chi connectivity index (χ0v) is 9.42. The summed E-state index contributed by atoms with van der Waals surface area (Å²) in [7, 11) is 0. The van der Waals surface area contributed by atoms with Crippen LogP contribution in [0.25, 0.3) is 11.3 Å². The number of aromatic nitrogens is 3. The van der Waals surface area contributed by atoms with Gasteiger partial charge in [0.1, 0.15) is 0 Å². The topological polar surface area (TPSA) is 81.8 Å². The molecule has 0 aliphatic rings. The Balaban J connectivity index is 2.34. The van der Waals surface area contributed by atoms with Crippen molar-refractivity contribution >= 4 is 5.91 Å². The molecule has 0 bridgehead atoms. The van der Waals surface area contributed by atoms with Crippen molar-refractivity contribution in [3.63, 3.8) is 0 Å². The van der Waals surface area contributed by atoms with Crippen molar-refractivity contribution in [2.45, 2.75) is 13.3 Å². The SMILES string of the molecule is Cc1cc(-c2cnccn2)cnc1CC(N)=O. The summed E-state index contributed by atoms with van der Waals surface area (Å²) in [6.45, 7) is 1.89. The number of primary amides is 1. The fourth-order valence-electron chi connectivity index (χ4n) is 1.54. The van der Waals surface area contributed by atoms with E-state index in [4.69, 9.17) is 5.73 Å². The van der Waals surface area contributed by atoms with E-state index < -0.39 is 0 Å². The van der Waals surface area contributed by atoms with Gasteiger partial charge in [-0.1, -0.05) is 0 Å². The third-order valence-electron chi connectivity index (χ3n) is 2.39. The van der Waals surface area contributed by atoms with Gasteiger partial charge in [-0.2, -0.15) is 0 Å². The average Bonchev–Trinajstić information content (AvgIpc) is 2.32. The van der Waals surface area contributed by atoms with E-state index in [1.807, 2.05) is 13.0 Å². The van der Waals surface area contributed by atoms with Crippen molar-refractivity contribution in [2.75, 3.05) is 0 Å². The zero-order valence-electron chi connectivity index (χ0n) is 9.42. The second-order valence-electron chi connectivity index (χ2n) is 3.72. The molecule has 0 aromatic carbocycles. The fraction of sp³-hybridized carbons (Fsp3) is 0.167. The maximum atomic E-state index is 10.8. The maximum Gasteiger partial charge on any atom is 0.223 e. The molecule has 0 unspecified atom stereocenters. The monoisotopic (exact) mass is 228 g/mol. The van der Waals surface area contributed by atoms with Crippen LogP contribution in [0.2, 0.25) is 0 Å². The van der Waals surface area contributed by atoms with Crippen LogP contribution in [0.4, 0.5) is 0 Å². The predicted molar refractivity (Wildman–Crippen MR) is 62.9 cm³/mol. The Morgan fingerprint density at radius 1 is 1.29 bits per heavy atom. The smallest absolute Gasteiger partial charge is 0.223 e. The first-order valence-corrected chi connectivity index (χ1v) is 5.17. The first-order chi connectivity index (χ1) is 8.16. The van der Waals surface area contributed by atoms with E-state index >= 15 is 0 Å². The lowest BCUT2D eigenvalue weighted by Crippen LogP contribution is -2.15. The van der Waals surface area contributed by atoms with Crippen LogP contribution in [0.5, 0.6) is 0 Å². The predicted octanol–water partition coefficient (Wildman–Crippen LogP) is 0.875. The van der Waals surface area contributed by atoms with Crippen LogP contribution in [-0.2, 0) is 11.2 Å². The molecule has 0 atom stereocenters. The number of nitrogens with two attached hydrogens (primary N) is 1. The van der Waals surface area contributed by atoms with Crippen LogP contribution in [0.1, 0.15) is 11.3 Å². The summed E-state index contributed by atoms with van der Waals surface area (Å²) >= 11 is 0. The van der Waals surface area contributed by atoms with Crippen molar-refractivity contribution in [1.82, 2.24) is 15.0 Å². The second-order valence-corrected chi connectivity index (χ2v) is 3.72. The lowest BCUT2D eigenvalue weighted by Gasteiger charge is -2.05. The number of aryl methyl sites for hydroxylation is 1. The molecule has 2 aromatic rings. The van der Waals surface area contributed by atoms with E-state index in [-0.39, 0.29) is 12.3 Å². The standard InChI is InChI=1S/C12H12N4O/c1-8-4-9(11-7-14-2-3-15-11)6-16-10(8)5-12(13)17/h2-4,6-7H,5H2,1H3,(H2,13,17). The van der Waals surface area contributed by atoms with Crippen LogP contribution in [0, 0.1) is 6.92 Å². The fourth-order valence-corrected chi connectivity index (χ4v) is 1.54. The van der Waals surface area contributed by atoms with Gasteiger partial charge < -0.3 is 5.73 Å². The van der Waals surface area contributed by atoms with Gasteiger partial charge in [0.15, 0.2) is 0 Å². The van der Waals surface area contributed by atoms with E-state index in [1.165, 1.54) is 0 Å². The van der Waals surface area contributed by atoms with Gasteiger partial charge in [-0.05, 0) is 18.6 Å². The van der Waals surface area contributed by atoms with Gasteiger partial charge in [0, 0.05) is 24.2 Å². The van der Waals surface area contributed by atoms with E-state index in [9.17, 15) is 4.79 Å². The number of nitrogens with zero attached hydrogens (tertiary/aromatic N) is 3. The summed E-state index contributed by atoms with van der Waals surface area (Å²) in [5.41, 5.74) is 8.40. The molecule has 2 rings (SSSR count). The highest BCUT2D eigenvalue weighted by atomic mass is 16.1. The Kier molecular flexibility index (Phi) is 3.09. The number of carbonyl (C=O) groups excluding carboxylic acids is 1. The number of carbonyl (C=O) groups is 1. The first kappa shape index (κ1) is 11.2. The van der Waals surface area contributed by atoms with Gasteiger partial charge in [0.25, 0.3) is 0 Å². The molecule has 0 saturated carbocycles. The molecule has 5 nitrogen and oxygen atoms in total. The lowest BCUT2D eigenvalue weighted by atomic mass is 10.1. The summed E-state index contributed by atoms with van der Waals surface area (Å²) in [5, 5.41) is 0. The minimum absolute atomic E-state index is 0.159. The van der Waals surface area contributed by atoms with E-state index in [1.54, 1.807) is 24.8 Å². The third kappa shape index (κ3) is 2.63. The molecule has 0 radical (unpaired) electrons. The Labute approximate surface area is 98.7 Å². The summed E-state index contributed by atoms with van der Waals surface area (Å²) in [4.78, 5) is 23.2. The van der Waals surface area contributed by atoms with Crippen LogP contribution in [0.3, 0.4) is 0 Å². The van der Waals surface area contributed by atoms with Gasteiger partial charge in [-0.3, -0.25) is 19.7 Å². The van der Waals surface area contributed by atoms with Crippen molar-refractivity contribution in [2.24, 2.45) is 5.73 Å². The molecule has 1 amide bonds. The summed E-state index contributed by atoms with van der Waals surface area (Å²) in [6, 6.07) is 1.93. The van der Waals surface area contributed by atoms with Crippen molar-refractivity contribution in [3.05, 3.63) is 42.1 Å². The van der Waals surface area contributed by atoms with Gasteiger partial charge in [0.05, 0.1) is 24.0 Å². The number of amides is 1. The lowest BCUT2D eigenvalue weighted by molar-refractivity contribution is -0.117. The molecule has 0 aliphatic heterocycles. The third-order valence-corrected chi connectivity index (χ3v) is 2.39. The van der Waals surface area contributed by atoms with Crippen molar-refractivity contribution in [1.29, 1.82) is 0 Å². The Morgan fingerprint density at radius 3 is 2.71 bits per heavy atom. The number of hydrogen-bond donors (Lipinski definition) is 1. The van der Waals surface area contributed by atoms with E-state index in [0.717, 1.165) is 16.8 Å². The molecule has 17 heavy (non-hydrogen) atoms. The summed E-state index contributed by atoms with van der Waals surface area (Å²) < 4.78 is 0. The molecule has 0 aliphatic carbocycles. The van der Waals surface area contributed by atoms with Crippen molar-refractivity contribution in [3.8, 4) is 11.3 Å². The quantitative estimate of drug-likeness (QED) is 0.845. The van der Waals surface area contributed by atoms with Crippen LogP contribution < -0.4 is 5.73 Å². The molecule has 86 valence electrons. The normalized spacial score (nSPS) is 10.2. The molecular weight excluding hydrogens is 216 g/mol. The molecule has 0 spiro atoms. The van der Waals surface area contributed by atoms with E-state index in [0.29, 0.717) is 5.69 Å². The molecule has 0 fully saturated rings. The minimum Gasteiger partial charge on any atom is -0.369 e. The average molecular weight is 228 g/mol. The van der Waals surface area contributed by atoms with E-state index in [2.05, 4.69) is 15.0 Å².